The summed E-state index contributed by atoms with van der Waals surface area (Å²) in [5.41, 5.74) is 5.39. The third-order valence-electron chi connectivity index (χ3n) is 2.61. The van der Waals surface area contributed by atoms with Gasteiger partial charge in [-0.1, -0.05) is 26.0 Å². The second-order valence-corrected chi connectivity index (χ2v) is 5.70. The lowest BCUT2D eigenvalue weighted by Crippen LogP contribution is -2.44. The number of amides is 1. The molecule has 1 aromatic carbocycles. The molecular formula is C14H22N2O2S. The maximum Gasteiger partial charge on any atom is 0.234 e. The molecule has 0 heterocycles. The molecule has 0 saturated heterocycles. The number of para-hydroxylation sites is 1. The number of ether oxygens (including phenoxy) is 1. The van der Waals surface area contributed by atoms with Crippen molar-refractivity contribution in [2.24, 2.45) is 5.73 Å². The Morgan fingerprint density at radius 3 is 2.68 bits per heavy atom. The Morgan fingerprint density at radius 2 is 2.11 bits per heavy atom. The van der Waals surface area contributed by atoms with Crippen LogP contribution in [-0.4, -0.2) is 30.9 Å². The molecule has 19 heavy (non-hydrogen) atoms. The van der Waals surface area contributed by atoms with Gasteiger partial charge in [-0.2, -0.15) is 0 Å². The van der Waals surface area contributed by atoms with Crippen LogP contribution < -0.4 is 15.8 Å². The van der Waals surface area contributed by atoms with Crippen molar-refractivity contribution in [2.75, 3.05) is 12.9 Å². The molecule has 0 radical (unpaired) electrons. The Hall–Kier alpha value is -1.20. The van der Waals surface area contributed by atoms with Crippen LogP contribution in [0.15, 0.2) is 29.2 Å². The third-order valence-corrected chi connectivity index (χ3v) is 3.70. The summed E-state index contributed by atoms with van der Waals surface area (Å²) in [5, 5.41) is 3.18. The van der Waals surface area contributed by atoms with Crippen LogP contribution in [-0.2, 0) is 4.79 Å². The number of primary amides is 1. The first-order valence-corrected chi connectivity index (χ1v) is 7.34. The third kappa shape index (κ3) is 5.53. The average molecular weight is 282 g/mol. The normalized spacial score (nSPS) is 12.4. The van der Waals surface area contributed by atoms with Gasteiger partial charge in [-0.15, -0.1) is 11.8 Å². The number of hydrogen-bond acceptors (Lipinski definition) is 4. The molecule has 0 aromatic heterocycles. The maximum atomic E-state index is 11.3. The van der Waals surface area contributed by atoms with E-state index in [9.17, 15) is 4.79 Å². The van der Waals surface area contributed by atoms with E-state index in [4.69, 9.17) is 10.5 Å². The Labute approximate surface area is 119 Å². The number of carbonyl (C=O) groups excluding carboxylic acids is 1. The molecule has 1 aromatic rings. The highest BCUT2D eigenvalue weighted by atomic mass is 32.2. The fraction of sp³-hybridized carbons (Fsp3) is 0.500. The minimum absolute atomic E-state index is 0.244. The number of nitrogens with one attached hydrogen (secondary N) is 1. The van der Waals surface area contributed by atoms with Crippen LogP contribution >= 0.6 is 11.8 Å². The zero-order valence-corrected chi connectivity index (χ0v) is 12.5. The Bertz CT molecular complexity index is 410. The predicted molar refractivity (Wildman–Crippen MR) is 79.6 cm³/mol. The predicted octanol–water partition coefficient (Wildman–Crippen LogP) is 2.03. The molecule has 0 spiro atoms. The molecule has 0 aliphatic rings. The van der Waals surface area contributed by atoms with Gasteiger partial charge in [0.1, 0.15) is 5.75 Å². The van der Waals surface area contributed by atoms with Gasteiger partial charge in [0.25, 0.3) is 0 Å². The monoisotopic (exact) mass is 282 g/mol. The SMILES string of the molecule is COc1ccccc1SCCC(NC(C)C)C(N)=O. The molecule has 1 rings (SSSR count). The fourth-order valence-corrected chi connectivity index (χ4v) is 2.78. The molecule has 1 unspecified atom stereocenters. The minimum Gasteiger partial charge on any atom is -0.496 e. The van der Waals surface area contributed by atoms with Crippen LogP contribution in [0.1, 0.15) is 20.3 Å². The Balaban J connectivity index is 2.49. The maximum absolute atomic E-state index is 11.3. The topological polar surface area (TPSA) is 64.3 Å². The fourth-order valence-electron chi connectivity index (χ4n) is 1.73. The molecule has 106 valence electrons. The molecule has 1 atom stereocenters. The van der Waals surface area contributed by atoms with Crippen LogP contribution in [0.2, 0.25) is 0 Å². The van der Waals surface area contributed by atoms with Crippen LogP contribution in [0, 0.1) is 0 Å². The van der Waals surface area contributed by atoms with Crippen molar-refractivity contribution < 1.29 is 9.53 Å². The van der Waals surface area contributed by atoms with Gasteiger partial charge < -0.3 is 15.8 Å². The quantitative estimate of drug-likeness (QED) is 0.716. The van der Waals surface area contributed by atoms with Crippen molar-refractivity contribution in [3.8, 4) is 5.75 Å². The lowest BCUT2D eigenvalue weighted by Gasteiger charge is -2.18. The Kier molecular flexibility index (Phi) is 6.73. The molecule has 0 fully saturated rings. The van der Waals surface area contributed by atoms with Crippen LogP contribution in [0.5, 0.6) is 5.75 Å². The van der Waals surface area contributed by atoms with E-state index in [1.54, 1.807) is 18.9 Å². The highest BCUT2D eigenvalue weighted by Crippen LogP contribution is 2.29. The summed E-state index contributed by atoms with van der Waals surface area (Å²) in [4.78, 5) is 12.4. The van der Waals surface area contributed by atoms with E-state index >= 15 is 0 Å². The largest absolute Gasteiger partial charge is 0.496 e. The summed E-state index contributed by atoms with van der Waals surface area (Å²) in [6, 6.07) is 7.83. The van der Waals surface area contributed by atoms with Gasteiger partial charge in [0.15, 0.2) is 0 Å². The number of hydrogen-bond donors (Lipinski definition) is 2. The zero-order chi connectivity index (χ0) is 14.3. The van der Waals surface area contributed by atoms with Gasteiger partial charge in [-0.3, -0.25) is 4.79 Å². The van der Waals surface area contributed by atoms with E-state index in [-0.39, 0.29) is 18.0 Å². The standard InChI is InChI=1S/C14H22N2O2S/c1-10(2)16-11(14(15)17)8-9-19-13-7-5-4-6-12(13)18-3/h4-7,10-11,16H,8-9H2,1-3H3,(H2,15,17). The molecule has 4 nitrogen and oxygen atoms in total. The number of thioether (sulfide) groups is 1. The lowest BCUT2D eigenvalue weighted by molar-refractivity contribution is -0.120. The van der Waals surface area contributed by atoms with E-state index in [1.165, 1.54) is 0 Å². The molecule has 0 saturated carbocycles. The first kappa shape index (κ1) is 15.9. The smallest absolute Gasteiger partial charge is 0.234 e. The first-order valence-electron chi connectivity index (χ1n) is 6.35. The van der Waals surface area contributed by atoms with Crippen molar-refractivity contribution in [3.05, 3.63) is 24.3 Å². The van der Waals surface area contributed by atoms with Crippen LogP contribution in [0.3, 0.4) is 0 Å². The molecule has 0 aliphatic heterocycles. The van der Waals surface area contributed by atoms with E-state index in [0.717, 1.165) is 16.4 Å². The highest BCUT2D eigenvalue weighted by molar-refractivity contribution is 7.99. The highest BCUT2D eigenvalue weighted by Gasteiger charge is 2.15. The molecule has 1 amide bonds. The second-order valence-electron chi connectivity index (χ2n) is 4.56. The van der Waals surface area contributed by atoms with Gasteiger partial charge >= 0.3 is 0 Å². The van der Waals surface area contributed by atoms with Gasteiger partial charge in [0.05, 0.1) is 13.2 Å². The van der Waals surface area contributed by atoms with Gasteiger partial charge in [-0.25, -0.2) is 0 Å². The van der Waals surface area contributed by atoms with Crippen molar-refractivity contribution in [1.82, 2.24) is 5.32 Å². The average Bonchev–Trinajstić information content (AvgIpc) is 2.37. The van der Waals surface area contributed by atoms with E-state index in [2.05, 4.69) is 5.32 Å². The molecule has 0 aliphatic carbocycles. The summed E-state index contributed by atoms with van der Waals surface area (Å²) in [6.45, 7) is 4.01. The van der Waals surface area contributed by atoms with Crippen LogP contribution in [0.4, 0.5) is 0 Å². The summed E-state index contributed by atoms with van der Waals surface area (Å²) >= 11 is 1.67. The van der Waals surface area contributed by atoms with Crippen molar-refractivity contribution in [3.63, 3.8) is 0 Å². The minimum atomic E-state index is -0.297. The van der Waals surface area contributed by atoms with Gasteiger partial charge in [0.2, 0.25) is 5.91 Å². The summed E-state index contributed by atoms with van der Waals surface area (Å²) in [7, 11) is 1.66. The Morgan fingerprint density at radius 1 is 1.42 bits per heavy atom. The molecular weight excluding hydrogens is 260 g/mol. The number of carbonyl (C=O) groups is 1. The first-order chi connectivity index (χ1) is 9.04. The number of rotatable bonds is 8. The van der Waals surface area contributed by atoms with E-state index < -0.39 is 0 Å². The summed E-state index contributed by atoms with van der Waals surface area (Å²) in [5.74, 6) is 1.38. The number of methoxy groups -OCH3 is 1. The van der Waals surface area contributed by atoms with Crippen LogP contribution in [0.25, 0.3) is 0 Å². The molecule has 3 N–H and O–H groups in total. The van der Waals surface area contributed by atoms with Gasteiger partial charge in [-0.05, 0) is 18.6 Å². The van der Waals surface area contributed by atoms with Crippen molar-refractivity contribution in [2.45, 2.75) is 37.2 Å². The second kappa shape index (κ2) is 8.07. The lowest BCUT2D eigenvalue weighted by atomic mass is 10.2. The zero-order valence-electron chi connectivity index (χ0n) is 11.7. The summed E-state index contributed by atoms with van der Waals surface area (Å²) < 4.78 is 5.29. The van der Waals surface area contributed by atoms with E-state index in [1.807, 2.05) is 38.1 Å². The molecule has 5 heteroatoms. The number of nitrogens with two attached hydrogens (primary N) is 1. The van der Waals surface area contributed by atoms with Crippen molar-refractivity contribution in [1.29, 1.82) is 0 Å². The summed E-state index contributed by atoms with van der Waals surface area (Å²) in [6.07, 6.45) is 0.705. The van der Waals surface area contributed by atoms with Gasteiger partial charge in [0, 0.05) is 16.7 Å². The van der Waals surface area contributed by atoms with Crippen molar-refractivity contribution >= 4 is 17.7 Å². The van der Waals surface area contributed by atoms with E-state index in [0.29, 0.717) is 6.42 Å². The molecule has 0 bridgehead atoms. The number of benzene rings is 1.